The van der Waals surface area contributed by atoms with Gasteiger partial charge >= 0.3 is 0 Å². The fourth-order valence-corrected chi connectivity index (χ4v) is 5.71. The number of sulfonamides is 1. The Morgan fingerprint density at radius 3 is 2.20 bits per heavy atom. The van der Waals surface area contributed by atoms with Gasteiger partial charge in [0.05, 0.1) is 24.8 Å². The summed E-state index contributed by atoms with van der Waals surface area (Å²) in [6, 6.07) is 19.2. The summed E-state index contributed by atoms with van der Waals surface area (Å²) in [6.45, 7) is 7.03. The third-order valence-corrected chi connectivity index (χ3v) is 8.66. The van der Waals surface area contributed by atoms with Crippen LogP contribution < -0.4 is 19.1 Å². The van der Waals surface area contributed by atoms with Gasteiger partial charge in [0.2, 0.25) is 11.8 Å². The first kappa shape index (κ1) is 31.5. The van der Waals surface area contributed by atoms with E-state index in [0.717, 1.165) is 21.9 Å². The first-order valence-electron chi connectivity index (χ1n) is 13.5. The molecule has 0 saturated heterocycles. The van der Waals surface area contributed by atoms with Crippen LogP contribution in [-0.4, -0.2) is 58.0 Å². The van der Waals surface area contributed by atoms with E-state index in [0.29, 0.717) is 11.5 Å². The number of ether oxygens (including phenoxy) is 2. The number of carbonyl (C=O) groups is 2. The molecule has 0 unspecified atom stereocenters. The number of nitrogens with zero attached hydrogens (tertiary/aromatic N) is 2. The Kier molecular flexibility index (Phi) is 10.8. The number of hydrogen-bond donors (Lipinski definition) is 1. The van der Waals surface area contributed by atoms with Gasteiger partial charge in [-0.25, -0.2) is 8.42 Å². The normalized spacial score (nSPS) is 12.6. The third-order valence-electron chi connectivity index (χ3n) is 6.87. The van der Waals surface area contributed by atoms with E-state index >= 15 is 0 Å². The summed E-state index contributed by atoms with van der Waals surface area (Å²) in [6.07, 6.45) is 0.729. The van der Waals surface area contributed by atoms with Crippen LogP contribution in [-0.2, 0) is 26.2 Å². The number of anilines is 1. The minimum atomic E-state index is -4.19. The van der Waals surface area contributed by atoms with Crippen molar-refractivity contribution in [1.29, 1.82) is 0 Å². The van der Waals surface area contributed by atoms with Crippen LogP contribution in [0.2, 0.25) is 0 Å². The number of hydrogen-bond acceptors (Lipinski definition) is 6. The second kappa shape index (κ2) is 14.0. The van der Waals surface area contributed by atoms with Gasteiger partial charge in [0.25, 0.3) is 10.0 Å². The number of carbonyl (C=O) groups excluding carboxylic acids is 2. The summed E-state index contributed by atoms with van der Waals surface area (Å²) in [5.41, 5.74) is 2.04. The number of benzene rings is 3. The maximum absolute atomic E-state index is 14.1. The van der Waals surface area contributed by atoms with Crippen molar-refractivity contribution in [3.05, 3.63) is 83.9 Å². The van der Waals surface area contributed by atoms with E-state index in [1.165, 1.54) is 37.3 Å². The Hall–Kier alpha value is -4.05. The average Bonchev–Trinajstić information content (AvgIpc) is 2.98. The van der Waals surface area contributed by atoms with Gasteiger partial charge in [0.15, 0.2) is 11.5 Å². The number of amides is 2. The van der Waals surface area contributed by atoms with Crippen LogP contribution in [0.15, 0.2) is 77.7 Å². The molecule has 220 valence electrons. The maximum atomic E-state index is 14.1. The van der Waals surface area contributed by atoms with Crippen molar-refractivity contribution in [2.75, 3.05) is 25.1 Å². The highest BCUT2D eigenvalue weighted by molar-refractivity contribution is 7.92. The van der Waals surface area contributed by atoms with Crippen molar-refractivity contribution in [3.63, 3.8) is 0 Å². The van der Waals surface area contributed by atoms with Gasteiger partial charge in [-0.15, -0.1) is 0 Å². The second-order valence-electron chi connectivity index (χ2n) is 9.87. The lowest BCUT2D eigenvalue weighted by molar-refractivity contribution is -0.139. The van der Waals surface area contributed by atoms with E-state index in [9.17, 15) is 18.0 Å². The molecule has 2 amide bonds. The molecule has 3 aromatic carbocycles. The molecule has 0 aromatic heterocycles. The van der Waals surface area contributed by atoms with E-state index < -0.39 is 28.5 Å². The standard InChI is InChI=1S/C31H39N3O6S/c1-7-23(3)32-31(36)24(4)33(20-25-13-11-12-22(2)18-25)30(35)21-34(41(37,38)27-14-9-8-10-15-27)26-16-17-28(39-5)29(19-26)40-6/h8-19,23-24H,7,20-21H2,1-6H3,(H,32,36)/t23-,24+/m0/s1. The predicted octanol–water partition coefficient (Wildman–Crippen LogP) is 4.54. The Balaban J connectivity index is 2.07. The van der Waals surface area contributed by atoms with Crippen LogP contribution in [0.3, 0.4) is 0 Å². The van der Waals surface area contributed by atoms with E-state index in [1.807, 2.05) is 45.0 Å². The van der Waals surface area contributed by atoms with Crippen molar-refractivity contribution in [2.45, 2.75) is 57.6 Å². The van der Waals surface area contributed by atoms with Crippen LogP contribution in [0.4, 0.5) is 5.69 Å². The van der Waals surface area contributed by atoms with Crippen LogP contribution in [0.1, 0.15) is 38.3 Å². The van der Waals surface area contributed by atoms with Crippen LogP contribution in [0.5, 0.6) is 11.5 Å². The van der Waals surface area contributed by atoms with Crippen molar-refractivity contribution in [2.24, 2.45) is 0 Å². The lowest BCUT2D eigenvalue weighted by Crippen LogP contribution is -2.52. The van der Waals surface area contributed by atoms with Crippen LogP contribution >= 0.6 is 0 Å². The van der Waals surface area contributed by atoms with Crippen molar-refractivity contribution >= 4 is 27.5 Å². The smallest absolute Gasteiger partial charge is 0.264 e. The summed E-state index contributed by atoms with van der Waals surface area (Å²) in [4.78, 5) is 28.7. The first-order chi connectivity index (χ1) is 19.5. The fraction of sp³-hybridized carbons (Fsp3) is 0.355. The minimum Gasteiger partial charge on any atom is -0.493 e. The molecule has 0 aliphatic rings. The van der Waals surface area contributed by atoms with Crippen molar-refractivity contribution in [3.8, 4) is 11.5 Å². The highest BCUT2D eigenvalue weighted by Crippen LogP contribution is 2.34. The predicted molar refractivity (Wildman–Crippen MR) is 160 cm³/mol. The van der Waals surface area contributed by atoms with Gasteiger partial charge in [0, 0.05) is 18.7 Å². The molecular formula is C31H39N3O6S. The van der Waals surface area contributed by atoms with Crippen molar-refractivity contribution < 1.29 is 27.5 Å². The topological polar surface area (TPSA) is 105 Å². The molecule has 10 heteroatoms. The maximum Gasteiger partial charge on any atom is 0.264 e. The van der Waals surface area contributed by atoms with Crippen LogP contribution in [0.25, 0.3) is 0 Å². The number of rotatable bonds is 13. The highest BCUT2D eigenvalue weighted by Gasteiger charge is 2.33. The minimum absolute atomic E-state index is 0.0235. The summed E-state index contributed by atoms with van der Waals surface area (Å²) in [5, 5.41) is 2.94. The second-order valence-corrected chi connectivity index (χ2v) is 11.7. The molecule has 41 heavy (non-hydrogen) atoms. The molecule has 0 saturated carbocycles. The third kappa shape index (κ3) is 7.79. The fourth-order valence-electron chi connectivity index (χ4n) is 4.28. The zero-order valence-corrected chi connectivity index (χ0v) is 25.3. The summed E-state index contributed by atoms with van der Waals surface area (Å²) in [5.74, 6) is -0.129. The summed E-state index contributed by atoms with van der Waals surface area (Å²) in [7, 11) is -1.26. The van der Waals surface area contributed by atoms with Crippen LogP contribution in [0, 0.1) is 6.92 Å². The zero-order valence-electron chi connectivity index (χ0n) is 24.5. The zero-order chi connectivity index (χ0) is 30.2. The highest BCUT2D eigenvalue weighted by atomic mass is 32.2. The molecule has 3 aromatic rings. The van der Waals surface area contributed by atoms with Gasteiger partial charge in [-0.2, -0.15) is 0 Å². The number of methoxy groups -OCH3 is 2. The SMILES string of the molecule is CC[C@H](C)NC(=O)[C@@H](C)N(Cc1cccc(C)c1)C(=O)CN(c1ccc(OC)c(OC)c1)S(=O)(=O)c1ccccc1. The Labute approximate surface area is 243 Å². The quantitative estimate of drug-likeness (QED) is 0.318. The van der Waals surface area contributed by atoms with Gasteiger partial charge in [-0.05, 0) is 57.0 Å². The lowest BCUT2D eigenvalue weighted by atomic mass is 10.1. The number of aryl methyl sites for hydroxylation is 1. The molecule has 0 bridgehead atoms. The monoisotopic (exact) mass is 581 g/mol. The molecule has 2 atom stereocenters. The lowest BCUT2D eigenvalue weighted by Gasteiger charge is -2.32. The molecule has 0 aliphatic carbocycles. The largest absolute Gasteiger partial charge is 0.493 e. The van der Waals surface area contributed by atoms with E-state index in [1.54, 1.807) is 37.3 Å². The average molecular weight is 582 g/mol. The molecule has 9 nitrogen and oxygen atoms in total. The van der Waals surface area contributed by atoms with Crippen molar-refractivity contribution in [1.82, 2.24) is 10.2 Å². The summed E-state index contributed by atoms with van der Waals surface area (Å²) < 4.78 is 39.6. The van der Waals surface area contributed by atoms with E-state index in [-0.39, 0.29) is 29.1 Å². The molecule has 3 rings (SSSR count). The molecule has 0 heterocycles. The summed E-state index contributed by atoms with van der Waals surface area (Å²) >= 11 is 0. The molecule has 0 spiro atoms. The Morgan fingerprint density at radius 1 is 0.902 bits per heavy atom. The Morgan fingerprint density at radius 2 is 1.59 bits per heavy atom. The molecular weight excluding hydrogens is 542 g/mol. The molecule has 1 N–H and O–H groups in total. The van der Waals surface area contributed by atoms with E-state index in [4.69, 9.17) is 9.47 Å². The molecule has 0 radical (unpaired) electrons. The van der Waals surface area contributed by atoms with Gasteiger partial charge in [-0.3, -0.25) is 13.9 Å². The van der Waals surface area contributed by atoms with E-state index in [2.05, 4.69) is 5.32 Å². The first-order valence-corrected chi connectivity index (χ1v) is 14.9. The Bertz CT molecular complexity index is 1450. The molecule has 0 aliphatic heterocycles. The number of nitrogens with one attached hydrogen (secondary N) is 1. The van der Waals surface area contributed by atoms with Gasteiger partial charge < -0.3 is 19.7 Å². The van der Waals surface area contributed by atoms with Gasteiger partial charge in [0.1, 0.15) is 12.6 Å². The van der Waals surface area contributed by atoms with Gasteiger partial charge in [-0.1, -0.05) is 55.0 Å². The molecule has 0 fully saturated rings.